The number of carbonyl (C=O) groups excluding carboxylic acids is 2. The van der Waals surface area contributed by atoms with Crippen LogP contribution in [0.3, 0.4) is 0 Å². The van der Waals surface area contributed by atoms with Crippen molar-refractivity contribution in [3.8, 4) is 11.1 Å². The van der Waals surface area contributed by atoms with Gasteiger partial charge in [0.05, 0.1) is 6.10 Å². The van der Waals surface area contributed by atoms with Crippen molar-refractivity contribution in [1.82, 2.24) is 4.90 Å². The van der Waals surface area contributed by atoms with Crippen LogP contribution in [-0.2, 0) is 29.4 Å². The van der Waals surface area contributed by atoms with Gasteiger partial charge in [0.15, 0.2) is 5.78 Å². The normalized spacial score (nSPS) is 21.7. The number of nitrogens with zero attached hydrogens (tertiary/aromatic N) is 1. The number of carbonyl (C=O) groups is 2. The highest BCUT2D eigenvalue weighted by molar-refractivity contribution is 5.98. The Morgan fingerprint density at radius 2 is 1.12 bits per heavy atom. The van der Waals surface area contributed by atoms with Gasteiger partial charge in [0.25, 0.3) is 0 Å². The van der Waals surface area contributed by atoms with Crippen molar-refractivity contribution >= 4 is 11.7 Å². The van der Waals surface area contributed by atoms with E-state index in [9.17, 15) is 14.7 Å². The molecule has 2 heterocycles. The fraction of sp³-hybridized carbons (Fsp3) is 0.273. The first-order chi connectivity index (χ1) is 24.9. The number of fused-ring (bicyclic) bond motifs is 4. The van der Waals surface area contributed by atoms with E-state index in [0.29, 0.717) is 6.42 Å². The lowest BCUT2D eigenvalue weighted by atomic mass is 9.79. The van der Waals surface area contributed by atoms with Gasteiger partial charge in [-0.25, -0.2) is 0 Å². The highest BCUT2D eigenvalue weighted by Gasteiger charge is 2.62. The first-order valence-electron chi connectivity index (χ1n) is 17.6. The molecule has 8 rings (SSSR count). The lowest BCUT2D eigenvalue weighted by Gasteiger charge is -2.48. The maximum Gasteiger partial charge on any atom is 0.305 e. The molecule has 2 fully saturated rings. The maximum absolute atomic E-state index is 14.9. The molecule has 0 radical (unpaired) electrons. The minimum absolute atomic E-state index is 0.0279. The third-order valence-corrected chi connectivity index (χ3v) is 11.1. The first kappa shape index (κ1) is 33.2. The van der Waals surface area contributed by atoms with Crippen LogP contribution in [0.5, 0.6) is 0 Å². The summed E-state index contributed by atoms with van der Waals surface area (Å²) in [6, 6.07) is 44.1. The number of methoxy groups -OCH3 is 2. The van der Waals surface area contributed by atoms with Crippen molar-refractivity contribution < 1.29 is 28.9 Å². The zero-order chi connectivity index (χ0) is 35.2. The average Bonchev–Trinajstić information content (AvgIpc) is 3.71. The summed E-state index contributed by atoms with van der Waals surface area (Å²) < 4.78 is 19.9. The zero-order valence-corrected chi connectivity index (χ0v) is 28.7. The largest absolute Gasteiger partial charge is 0.390 e. The number of Topliss-reactive ketones (excluding diaryl/α,β-unsaturated/α-hetero) is 1. The van der Waals surface area contributed by atoms with E-state index in [0.717, 1.165) is 38.9 Å². The second kappa shape index (κ2) is 13.3. The molecule has 1 N–H and O–H groups in total. The van der Waals surface area contributed by atoms with Crippen molar-refractivity contribution in [3.05, 3.63) is 167 Å². The van der Waals surface area contributed by atoms with Gasteiger partial charge in [-0.05, 0) is 45.4 Å². The molecular weight excluding hydrogens is 638 g/mol. The molecule has 5 aromatic rings. The highest BCUT2D eigenvalue weighted by atomic mass is 16.9. The molecule has 0 spiro atoms. The van der Waals surface area contributed by atoms with Crippen LogP contribution in [0.4, 0.5) is 0 Å². The van der Waals surface area contributed by atoms with E-state index < -0.39 is 35.7 Å². The van der Waals surface area contributed by atoms with Gasteiger partial charge >= 0.3 is 5.97 Å². The van der Waals surface area contributed by atoms with E-state index in [4.69, 9.17) is 14.2 Å². The smallest absolute Gasteiger partial charge is 0.305 e. The fourth-order valence-corrected chi connectivity index (χ4v) is 8.89. The van der Waals surface area contributed by atoms with E-state index in [1.165, 1.54) is 19.1 Å². The molecule has 51 heavy (non-hydrogen) atoms. The molecule has 1 aliphatic carbocycles. The van der Waals surface area contributed by atoms with Gasteiger partial charge in [-0.15, -0.1) is 0 Å². The predicted molar refractivity (Wildman–Crippen MR) is 194 cm³/mol. The monoisotopic (exact) mass is 679 g/mol. The van der Waals surface area contributed by atoms with E-state index >= 15 is 0 Å². The molecule has 0 saturated carbocycles. The molecule has 2 aliphatic heterocycles. The molecule has 4 unspecified atom stereocenters. The van der Waals surface area contributed by atoms with Gasteiger partial charge in [0, 0.05) is 38.9 Å². The summed E-state index contributed by atoms with van der Waals surface area (Å²) in [4.78, 5) is 30.4. The molecule has 0 aromatic heterocycles. The molecule has 4 atom stereocenters. The Labute approximate surface area is 298 Å². The SMILES string of the molecule is COC(OC)(OC(c1ccccc1)(c1ccccc1)c1ccccc1)C1CC(O)C2C(=O)CC(CC3c4ccccc4-c4ccccc43)C(=O)N21. The molecular formula is C44H41NO6. The topological polar surface area (TPSA) is 85.3 Å². The number of hydrogen-bond donors (Lipinski definition) is 1. The molecule has 3 aliphatic rings. The zero-order valence-electron chi connectivity index (χ0n) is 28.7. The molecule has 7 heteroatoms. The number of aliphatic hydroxyl groups is 1. The molecule has 0 bridgehead atoms. The minimum atomic E-state index is -1.90. The van der Waals surface area contributed by atoms with Crippen molar-refractivity contribution in [3.63, 3.8) is 0 Å². The summed E-state index contributed by atoms with van der Waals surface area (Å²) in [6.07, 6.45) is -0.575. The summed E-state index contributed by atoms with van der Waals surface area (Å²) in [6.45, 7) is 0. The molecule has 1 amide bonds. The van der Waals surface area contributed by atoms with Crippen LogP contribution in [-0.4, -0.2) is 60.1 Å². The van der Waals surface area contributed by atoms with E-state index in [-0.39, 0.29) is 30.4 Å². The Bertz CT molecular complexity index is 1890. The van der Waals surface area contributed by atoms with E-state index in [1.54, 1.807) is 0 Å². The first-order valence-corrected chi connectivity index (χ1v) is 17.6. The summed E-state index contributed by atoms with van der Waals surface area (Å²) in [5, 5.41) is 11.5. The summed E-state index contributed by atoms with van der Waals surface area (Å²) in [7, 11) is 2.96. The quantitative estimate of drug-likeness (QED) is 0.126. The van der Waals surface area contributed by atoms with Crippen LogP contribution in [0.1, 0.15) is 53.0 Å². The highest BCUT2D eigenvalue weighted by Crippen LogP contribution is 2.51. The van der Waals surface area contributed by atoms with Gasteiger partial charge in [0.1, 0.15) is 17.7 Å². The summed E-state index contributed by atoms with van der Waals surface area (Å²) in [5.41, 5.74) is 5.79. The van der Waals surface area contributed by atoms with Crippen molar-refractivity contribution in [2.24, 2.45) is 5.92 Å². The standard InChI is InChI=1S/C44H41NO6/c1-49-44(50-2,51-43(30-16-6-3-7-17-30,31-18-8-4-9-19-31)32-20-10-5-11-21-32)40-28-39(47)41-38(46)27-29(42(48)45(40)41)26-37-35-24-14-12-22-33(35)34-23-13-15-25-36(34)37/h3-25,29,37,39-41,47H,26-28H2,1-2H3. The van der Waals surface area contributed by atoms with Crippen molar-refractivity contribution in [1.29, 1.82) is 0 Å². The van der Waals surface area contributed by atoms with Crippen molar-refractivity contribution in [2.45, 2.75) is 54.9 Å². The van der Waals surface area contributed by atoms with E-state index in [2.05, 4.69) is 24.3 Å². The van der Waals surface area contributed by atoms with Gasteiger partial charge < -0.3 is 24.2 Å². The van der Waals surface area contributed by atoms with Crippen LogP contribution in [0.25, 0.3) is 11.1 Å². The number of benzene rings is 5. The Morgan fingerprint density at radius 3 is 1.59 bits per heavy atom. The number of aliphatic hydroxyl groups excluding tert-OH is 1. The predicted octanol–water partition coefficient (Wildman–Crippen LogP) is 7.06. The number of ether oxygens (including phenoxy) is 3. The fourth-order valence-electron chi connectivity index (χ4n) is 8.89. The number of amides is 1. The lowest BCUT2D eigenvalue weighted by molar-refractivity contribution is -0.406. The Morgan fingerprint density at radius 1 is 0.667 bits per heavy atom. The van der Waals surface area contributed by atoms with Crippen LogP contribution >= 0.6 is 0 Å². The van der Waals surface area contributed by atoms with Gasteiger partial charge in [-0.2, -0.15) is 0 Å². The van der Waals surface area contributed by atoms with Crippen LogP contribution < -0.4 is 0 Å². The number of piperidine rings is 1. The second-order valence-corrected chi connectivity index (χ2v) is 13.7. The van der Waals surface area contributed by atoms with Crippen LogP contribution in [0.15, 0.2) is 140 Å². The Hall–Kier alpha value is -4.92. The maximum atomic E-state index is 14.9. The Balaban J connectivity index is 1.22. The molecule has 7 nitrogen and oxygen atoms in total. The van der Waals surface area contributed by atoms with Gasteiger partial charge in [-0.1, -0.05) is 140 Å². The number of rotatable bonds is 10. The Kier molecular flexibility index (Phi) is 8.68. The molecule has 258 valence electrons. The second-order valence-electron chi connectivity index (χ2n) is 13.7. The third kappa shape index (κ3) is 5.35. The lowest BCUT2D eigenvalue weighted by Crippen LogP contribution is -2.63. The number of hydrogen-bond acceptors (Lipinski definition) is 6. The number of ketones is 1. The average molecular weight is 680 g/mol. The van der Waals surface area contributed by atoms with Crippen LogP contribution in [0.2, 0.25) is 0 Å². The molecule has 5 aromatic carbocycles. The summed E-state index contributed by atoms with van der Waals surface area (Å²) >= 11 is 0. The summed E-state index contributed by atoms with van der Waals surface area (Å²) in [5.74, 6) is -2.94. The van der Waals surface area contributed by atoms with Gasteiger partial charge in [0.2, 0.25) is 5.91 Å². The van der Waals surface area contributed by atoms with E-state index in [1.807, 2.05) is 115 Å². The van der Waals surface area contributed by atoms with Gasteiger partial charge in [-0.3, -0.25) is 9.59 Å². The van der Waals surface area contributed by atoms with Crippen molar-refractivity contribution in [2.75, 3.05) is 14.2 Å². The van der Waals surface area contributed by atoms with Crippen LogP contribution in [0, 0.1) is 5.92 Å². The third-order valence-electron chi connectivity index (χ3n) is 11.1. The minimum Gasteiger partial charge on any atom is -0.390 e. The molecule has 2 saturated heterocycles.